The van der Waals surface area contributed by atoms with Crippen LogP contribution in [0, 0.1) is 5.41 Å². The summed E-state index contributed by atoms with van der Waals surface area (Å²) in [7, 11) is 0. The molecule has 1 saturated heterocycles. The molecule has 1 N–H and O–H groups in total. The lowest BCUT2D eigenvalue weighted by Crippen LogP contribution is -2.36. The summed E-state index contributed by atoms with van der Waals surface area (Å²) < 4.78 is 2.92. The van der Waals surface area contributed by atoms with Gasteiger partial charge in [0.05, 0.1) is 11.6 Å². The van der Waals surface area contributed by atoms with Crippen molar-refractivity contribution in [2.75, 3.05) is 13.1 Å². The number of hydrogen-bond donors (Lipinski definition) is 1. The first-order valence-electron chi connectivity index (χ1n) is 8.99. The van der Waals surface area contributed by atoms with Gasteiger partial charge < -0.3 is 9.88 Å². The van der Waals surface area contributed by atoms with Gasteiger partial charge in [0.15, 0.2) is 0 Å². The van der Waals surface area contributed by atoms with Gasteiger partial charge >= 0.3 is 0 Å². The Labute approximate surface area is 175 Å². The van der Waals surface area contributed by atoms with Crippen LogP contribution in [0.3, 0.4) is 0 Å². The Kier molecular flexibility index (Phi) is 6.58. The third-order valence-electron chi connectivity index (χ3n) is 5.81. The van der Waals surface area contributed by atoms with Crippen LogP contribution in [-0.2, 0) is 19.6 Å². The maximum Gasteiger partial charge on any atom is 0.122 e. The van der Waals surface area contributed by atoms with Crippen molar-refractivity contribution in [3.05, 3.63) is 38.5 Å². The van der Waals surface area contributed by atoms with E-state index in [1.54, 1.807) is 0 Å². The van der Waals surface area contributed by atoms with Gasteiger partial charge in [-0.1, -0.05) is 23.2 Å². The third kappa shape index (κ3) is 3.94. The van der Waals surface area contributed by atoms with Gasteiger partial charge in [-0.25, -0.2) is 4.98 Å². The van der Waals surface area contributed by atoms with Crippen molar-refractivity contribution in [1.29, 1.82) is 0 Å². The molecule has 2 aliphatic rings. The standard InChI is InChI=1S/C18H24Cl2N4S.ClH/c1-2-23-8-7-22-15(23)11-24(10-13-12-25-17(20)16(13)19)14-9-18(14)3-5-21-6-4-18;/h7-8,12,14,21H,2-6,9-11H2,1H3;1H. The van der Waals surface area contributed by atoms with Crippen LogP contribution in [-0.4, -0.2) is 33.6 Å². The molecule has 2 aromatic heterocycles. The van der Waals surface area contributed by atoms with Crippen molar-refractivity contribution in [1.82, 2.24) is 19.8 Å². The van der Waals surface area contributed by atoms with Crippen LogP contribution in [0.4, 0.5) is 0 Å². The fraction of sp³-hybridized carbons (Fsp3) is 0.611. The van der Waals surface area contributed by atoms with Gasteiger partial charge in [-0.05, 0) is 55.6 Å². The predicted octanol–water partition coefficient (Wildman–Crippen LogP) is 4.84. The van der Waals surface area contributed by atoms with Gasteiger partial charge in [-0.2, -0.15) is 0 Å². The summed E-state index contributed by atoms with van der Waals surface area (Å²) in [6.45, 7) is 7.10. The smallest absolute Gasteiger partial charge is 0.122 e. The van der Waals surface area contributed by atoms with Crippen molar-refractivity contribution in [3.63, 3.8) is 0 Å². The number of piperidine rings is 1. The summed E-state index contributed by atoms with van der Waals surface area (Å²) in [6, 6.07) is 0.617. The molecule has 1 saturated carbocycles. The maximum atomic E-state index is 6.42. The molecule has 4 nitrogen and oxygen atoms in total. The molecule has 2 aromatic rings. The van der Waals surface area contributed by atoms with Crippen LogP contribution in [0.25, 0.3) is 0 Å². The average Bonchev–Trinajstić information content (AvgIpc) is 2.97. The second-order valence-electron chi connectivity index (χ2n) is 7.22. The Balaban J connectivity index is 0.00000196. The molecule has 2 fully saturated rings. The van der Waals surface area contributed by atoms with E-state index in [2.05, 4.69) is 38.3 Å². The van der Waals surface area contributed by atoms with Crippen molar-refractivity contribution < 1.29 is 0 Å². The minimum atomic E-state index is 0. The van der Waals surface area contributed by atoms with Gasteiger partial charge in [-0.15, -0.1) is 23.7 Å². The molecule has 1 atom stereocenters. The molecular weight excluding hydrogens is 411 g/mol. The van der Waals surface area contributed by atoms with Crippen molar-refractivity contribution >= 4 is 46.9 Å². The molecule has 1 spiro atoms. The summed E-state index contributed by atoms with van der Waals surface area (Å²) in [5.74, 6) is 1.14. The van der Waals surface area contributed by atoms with Crippen LogP contribution in [0.15, 0.2) is 17.8 Å². The highest BCUT2D eigenvalue weighted by atomic mass is 35.5. The van der Waals surface area contributed by atoms with E-state index in [-0.39, 0.29) is 12.4 Å². The SMILES string of the molecule is CCn1ccnc1CN(Cc1csc(Cl)c1Cl)C1CC12CCNCC2.Cl. The number of rotatable bonds is 6. The Morgan fingerprint density at radius 3 is 2.77 bits per heavy atom. The van der Waals surface area contributed by atoms with E-state index in [9.17, 15) is 0 Å². The average molecular weight is 436 g/mol. The number of halogens is 3. The van der Waals surface area contributed by atoms with E-state index in [1.807, 2.05) is 6.20 Å². The van der Waals surface area contributed by atoms with E-state index >= 15 is 0 Å². The zero-order valence-corrected chi connectivity index (χ0v) is 18.0. The molecule has 0 radical (unpaired) electrons. The Morgan fingerprint density at radius 2 is 2.12 bits per heavy atom. The number of imidazole rings is 1. The first-order valence-corrected chi connectivity index (χ1v) is 10.6. The molecule has 144 valence electrons. The zero-order valence-electron chi connectivity index (χ0n) is 14.9. The number of thiophene rings is 1. The number of nitrogens with one attached hydrogen (secondary N) is 1. The molecule has 26 heavy (non-hydrogen) atoms. The molecule has 0 aromatic carbocycles. The van der Waals surface area contributed by atoms with Gasteiger partial charge in [0.2, 0.25) is 0 Å². The highest BCUT2D eigenvalue weighted by molar-refractivity contribution is 7.15. The van der Waals surface area contributed by atoms with Crippen LogP contribution >= 0.6 is 46.9 Å². The number of nitrogens with zero attached hydrogens (tertiary/aromatic N) is 3. The normalized spacial score (nSPS) is 21.2. The topological polar surface area (TPSA) is 33.1 Å². The molecule has 1 aliphatic carbocycles. The van der Waals surface area contributed by atoms with E-state index in [4.69, 9.17) is 23.2 Å². The lowest BCUT2D eigenvalue weighted by atomic mass is 9.93. The summed E-state index contributed by atoms with van der Waals surface area (Å²) >= 11 is 14.1. The third-order valence-corrected chi connectivity index (χ3v) is 7.72. The van der Waals surface area contributed by atoms with Gasteiger partial charge in [0, 0.05) is 31.5 Å². The van der Waals surface area contributed by atoms with Crippen LogP contribution < -0.4 is 5.32 Å². The molecular formula is C18H25Cl3N4S. The van der Waals surface area contributed by atoms with Gasteiger partial charge in [0.1, 0.15) is 10.2 Å². The molecule has 1 unspecified atom stereocenters. The summed E-state index contributed by atoms with van der Waals surface area (Å²) in [4.78, 5) is 7.17. The van der Waals surface area contributed by atoms with Gasteiger partial charge in [-0.3, -0.25) is 4.90 Å². The van der Waals surface area contributed by atoms with Crippen molar-refractivity contribution in [2.45, 2.75) is 51.9 Å². The molecule has 4 rings (SSSR count). The molecule has 0 amide bonds. The quantitative estimate of drug-likeness (QED) is 0.705. The molecule has 0 bridgehead atoms. The molecule has 1 aliphatic heterocycles. The largest absolute Gasteiger partial charge is 0.334 e. The minimum absolute atomic E-state index is 0. The molecule has 8 heteroatoms. The summed E-state index contributed by atoms with van der Waals surface area (Å²) in [5.41, 5.74) is 1.63. The second-order valence-corrected chi connectivity index (χ2v) is 9.08. The van der Waals surface area contributed by atoms with Crippen molar-refractivity contribution in [3.8, 4) is 0 Å². The van der Waals surface area contributed by atoms with E-state index in [1.165, 1.54) is 30.6 Å². The van der Waals surface area contributed by atoms with E-state index in [0.29, 0.717) is 15.8 Å². The lowest BCUT2D eigenvalue weighted by Gasteiger charge is -2.29. The fourth-order valence-corrected chi connectivity index (χ4v) is 5.46. The first-order chi connectivity index (χ1) is 12.1. The van der Waals surface area contributed by atoms with Gasteiger partial charge in [0.25, 0.3) is 0 Å². The van der Waals surface area contributed by atoms with Crippen molar-refractivity contribution in [2.24, 2.45) is 5.41 Å². The number of aryl methyl sites for hydroxylation is 1. The van der Waals surface area contributed by atoms with Crippen LogP contribution in [0.2, 0.25) is 9.36 Å². The fourth-order valence-electron chi connectivity index (χ4n) is 4.22. The second kappa shape index (κ2) is 8.38. The van der Waals surface area contributed by atoms with E-state index in [0.717, 1.165) is 49.1 Å². The predicted molar refractivity (Wildman–Crippen MR) is 112 cm³/mol. The minimum Gasteiger partial charge on any atom is -0.334 e. The monoisotopic (exact) mass is 434 g/mol. The highest BCUT2D eigenvalue weighted by Crippen LogP contribution is 2.56. The number of hydrogen-bond acceptors (Lipinski definition) is 4. The van der Waals surface area contributed by atoms with Crippen LogP contribution in [0.1, 0.15) is 37.6 Å². The first kappa shape index (κ1) is 20.4. The Hall–Kier alpha value is -0.300. The molecule has 3 heterocycles. The maximum absolute atomic E-state index is 6.42. The lowest BCUT2D eigenvalue weighted by molar-refractivity contribution is 0.182. The highest BCUT2D eigenvalue weighted by Gasteiger charge is 2.56. The zero-order chi connectivity index (χ0) is 17.4. The Bertz CT molecular complexity index is 739. The summed E-state index contributed by atoms with van der Waals surface area (Å²) in [5, 5.41) is 6.31. The number of aromatic nitrogens is 2. The van der Waals surface area contributed by atoms with E-state index < -0.39 is 0 Å². The van der Waals surface area contributed by atoms with Crippen LogP contribution in [0.5, 0.6) is 0 Å². The Morgan fingerprint density at radius 1 is 1.35 bits per heavy atom. The summed E-state index contributed by atoms with van der Waals surface area (Å²) in [6.07, 6.45) is 7.80.